The number of fused-ring (bicyclic) bond motifs is 1. The van der Waals surface area contributed by atoms with Gasteiger partial charge in [-0.3, -0.25) is 0 Å². The maximum absolute atomic E-state index is 3.83. The van der Waals surface area contributed by atoms with Crippen molar-refractivity contribution in [1.82, 2.24) is 10.2 Å². The highest BCUT2D eigenvalue weighted by Gasteiger charge is 2.31. The summed E-state index contributed by atoms with van der Waals surface area (Å²) in [6.07, 6.45) is 5.44. The number of halogens is 1. The molecule has 3 atom stereocenters. The van der Waals surface area contributed by atoms with Crippen LogP contribution < -0.4 is 5.32 Å². The maximum Gasteiger partial charge on any atom is 0.0294 e. The third kappa shape index (κ3) is 3.21. The van der Waals surface area contributed by atoms with E-state index in [-0.39, 0.29) is 0 Å². The van der Waals surface area contributed by atoms with Gasteiger partial charge in [-0.05, 0) is 63.4 Å². The van der Waals surface area contributed by atoms with Crippen LogP contribution in [0.3, 0.4) is 0 Å². The molecule has 0 spiro atoms. The van der Waals surface area contributed by atoms with Gasteiger partial charge in [0, 0.05) is 22.6 Å². The van der Waals surface area contributed by atoms with Crippen LogP contribution in [0.25, 0.3) is 0 Å². The van der Waals surface area contributed by atoms with Gasteiger partial charge < -0.3 is 10.2 Å². The second-order valence-corrected chi connectivity index (χ2v) is 6.91. The average molecular weight is 323 g/mol. The fraction of sp³-hybridized carbons (Fsp3) is 0.625. The minimum atomic E-state index is 0.440. The Morgan fingerprint density at radius 2 is 2.21 bits per heavy atom. The molecule has 2 heterocycles. The molecular weight excluding hydrogens is 300 g/mol. The van der Waals surface area contributed by atoms with Crippen LogP contribution in [0.5, 0.6) is 0 Å². The molecule has 2 aliphatic heterocycles. The minimum Gasteiger partial charge on any atom is -0.307 e. The van der Waals surface area contributed by atoms with E-state index in [4.69, 9.17) is 0 Å². The van der Waals surface area contributed by atoms with Crippen LogP contribution in [0.15, 0.2) is 28.7 Å². The third-order valence-electron chi connectivity index (χ3n) is 4.65. The predicted octanol–water partition coefficient (Wildman–Crippen LogP) is 3.73. The van der Waals surface area contributed by atoms with Crippen LogP contribution in [-0.2, 0) is 0 Å². The molecule has 3 rings (SSSR count). The van der Waals surface area contributed by atoms with Crippen LogP contribution >= 0.6 is 15.9 Å². The van der Waals surface area contributed by atoms with Gasteiger partial charge in [-0.25, -0.2) is 0 Å². The Hall–Kier alpha value is -0.380. The fourth-order valence-electron chi connectivity index (χ4n) is 3.60. The number of benzene rings is 1. The van der Waals surface area contributed by atoms with E-state index in [1.807, 2.05) is 0 Å². The second kappa shape index (κ2) is 5.94. The van der Waals surface area contributed by atoms with Crippen LogP contribution in [-0.4, -0.2) is 30.1 Å². The summed E-state index contributed by atoms with van der Waals surface area (Å²) in [6, 6.07) is 10.6. The lowest BCUT2D eigenvalue weighted by molar-refractivity contribution is 0.162. The molecule has 0 aromatic heterocycles. The van der Waals surface area contributed by atoms with Gasteiger partial charge in [-0.2, -0.15) is 0 Å². The van der Waals surface area contributed by atoms with Crippen molar-refractivity contribution in [2.75, 3.05) is 13.1 Å². The molecule has 0 saturated carbocycles. The lowest BCUT2D eigenvalue weighted by atomic mass is 9.96. The van der Waals surface area contributed by atoms with E-state index < -0.39 is 0 Å². The highest BCUT2D eigenvalue weighted by molar-refractivity contribution is 9.10. The van der Waals surface area contributed by atoms with E-state index in [0.29, 0.717) is 12.1 Å². The first-order valence-corrected chi connectivity index (χ1v) is 8.27. The second-order valence-electron chi connectivity index (χ2n) is 6.00. The smallest absolute Gasteiger partial charge is 0.0294 e. The maximum atomic E-state index is 3.83. The summed E-state index contributed by atoms with van der Waals surface area (Å²) in [4.78, 5) is 2.68. The van der Waals surface area contributed by atoms with Crippen molar-refractivity contribution in [3.05, 3.63) is 34.3 Å². The summed E-state index contributed by atoms with van der Waals surface area (Å²) >= 11 is 3.56. The van der Waals surface area contributed by atoms with Crippen molar-refractivity contribution in [3.8, 4) is 0 Å². The monoisotopic (exact) mass is 322 g/mol. The summed E-state index contributed by atoms with van der Waals surface area (Å²) in [5.41, 5.74) is 1.38. The predicted molar refractivity (Wildman–Crippen MR) is 83.3 cm³/mol. The van der Waals surface area contributed by atoms with Crippen LogP contribution in [0.4, 0.5) is 0 Å². The van der Waals surface area contributed by atoms with Crippen molar-refractivity contribution < 1.29 is 0 Å². The van der Waals surface area contributed by atoms with Gasteiger partial charge in [0.2, 0.25) is 0 Å². The molecule has 1 aromatic carbocycles. The minimum absolute atomic E-state index is 0.440. The van der Waals surface area contributed by atoms with Gasteiger partial charge in [-0.15, -0.1) is 0 Å². The Bertz CT molecular complexity index is 435. The first-order valence-electron chi connectivity index (χ1n) is 7.48. The van der Waals surface area contributed by atoms with Crippen molar-refractivity contribution in [2.45, 2.75) is 50.7 Å². The van der Waals surface area contributed by atoms with Crippen molar-refractivity contribution >= 4 is 15.9 Å². The molecule has 104 valence electrons. The Morgan fingerprint density at radius 1 is 1.32 bits per heavy atom. The van der Waals surface area contributed by atoms with E-state index in [1.165, 1.54) is 48.8 Å². The molecule has 1 N–H and O–H groups in total. The number of hydrogen-bond acceptors (Lipinski definition) is 2. The molecule has 1 aromatic rings. The van der Waals surface area contributed by atoms with Gasteiger partial charge in [-0.1, -0.05) is 28.1 Å². The van der Waals surface area contributed by atoms with Gasteiger partial charge in [0.15, 0.2) is 0 Å². The van der Waals surface area contributed by atoms with Crippen LogP contribution in [0.2, 0.25) is 0 Å². The van der Waals surface area contributed by atoms with Crippen LogP contribution in [0, 0.1) is 0 Å². The number of rotatable bonds is 3. The molecule has 0 bridgehead atoms. The lowest BCUT2D eigenvalue weighted by Crippen LogP contribution is -2.46. The molecule has 19 heavy (non-hydrogen) atoms. The first kappa shape index (κ1) is 13.6. The van der Waals surface area contributed by atoms with E-state index in [9.17, 15) is 0 Å². The molecular formula is C16H23BrN2. The van der Waals surface area contributed by atoms with Gasteiger partial charge in [0.1, 0.15) is 0 Å². The first-order chi connectivity index (χ1) is 9.22. The van der Waals surface area contributed by atoms with E-state index in [0.717, 1.165) is 6.04 Å². The molecule has 0 amide bonds. The molecule has 0 radical (unpaired) electrons. The Morgan fingerprint density at radius 3 is 3.05 bits per heavy atom. The quantitative estimate of drug-likeness (QED) is 0.912. The summed E-state index contributed by atoms with van der Waals surface area (Å²) in [5, 5.41) is 3.83. The van der Waals surface area contributed by atoms with Gasteiger partial charge >= 0.3 is 0 Å². The molecule has 2 nitrogen and oxygen atoms in total. The highest BCUT2D eigenvalue weighted by Crippen LogP contribution is 2.28. The van der Waals surface area contributed by atoms with E-state index in [2.05, 4.69) is 57.3 Å². The van der Waals surface area contributed by atoms with E-state index in [1.54, 1.807) is 0 Å². The normalized spacial score (nSPS) is 29.2. The molecule has 3 heteroatoms. The van der Waals surface area contributed by atoms with Crippen molar-refractivity contribution in [2.24, 2.45) is 0 Å². The highest BCUT2D eigenvalue weighted by atomic mass is 79.9. The zero-order valence-corrected chi connectivity index (χ0v) is 13.2. The van der Waals surface area contributed by atoms with Crippen LogP contribution in [0.1, 0.15) is 44.2 Å². The number of piperidine rings is 1. The summed E-state index contributed by atoms with van der Waals surface area (Å²) in [6.45, 7) is 4.90. The lowest BCUT2D eigenvalue weighted by Gasteiger charge is -2.36. The van der Waals surface area contributed by atoms with Crippen molar-refractivity contribution in [3.63, 3.8) is 0 Å². The van der Waals surface area contributed by atoms with Gasteiger partial charge in [0.25, 0.3) is 0 Å². The summed E-state index contributed by atoms with van der Waals surface area (Å²) in [5.74, 6) is 0. The van der Waals surface area contributed by atoms with Crippen molar-refractivity contribution in [1.29, 1.82) is 0 Å². The molecule has 2 saturated heterocycles. The van der Waals surface area contributed by atoms with E-state index >= 15 is 0 Å². The Labute approximate surface area is 124 Å². The van der Waals surface area contributed by atoms with Gasteiger partial charge in [0.05, 0.1) is 0 Å². The molecule has 2 aliphatic rings. The fourth-order valence-corrected chi connectivity index (χ4v) is 4.02. The third-order valence-corrected chi connectivity index (χ3v) is 5.15. The number of hydrogen-bond donors (Lipinski definition) is 1. The molecule has 0 aliphatic carbocycles. The summed E-state index contributed by atoms with van der Waals surface area (Å²) < 4.78 is 1.17. The standard InChI is InChI=1S/C16H23BrN2/c1-12(13-4-2-5-14(17)10-13)18-15-7-9-19-8-3-6-16(19)11-15/h2,4-5,10,12,15-16,18H,3,6-9,11H2,1H3/t12-,15?,16?/m1/s1. The Kier molecular flexibility index (Phi) is 4.25. The zero-order valence-electron chi connectivity index (χ0n) is 11.6. The average Bonchev–Trinajstić information content (AvgIpc) is 2.86. The number of nitrogens with one attached hydrogen (secondary N) is 1. The number of nitrogens with zero attached hydrogens (tertiary/aromatic N) is 1. The molecule has 2 fully saturated rings. The topological polar surface area (TPSA) is 15.3 Å². The zero-order chi connectivity index (χ0) is 13.2. The SMILES string of the molecule is C[C@@H](NC1CCN2CCCC2C1)c1cccc(Br)c1. The Balaban J connectivity index is 1.59. The largest absolute Gasteiger partial charge is 0.307 e. The summed E-state index contributed by atoms with van der Waals surface area (Å²) in [7, 11) is 0. The molecule has 2 unspecified atom stereocenters.